The summed E-state index contributed by atoms with van der Waals surface area (Å²) in [5.41, 5.74) is 16.3. The first-order chi connectivity index (χ1) is 23.8. The summed E-state index contributed by atoms with van der Waals surface area (Å²) in [7, 11) is 0. The van der Waals surface area contributed by atoms with E-state index in [9.17, 15) is 0 Å². The molecule has 4 aromatic carbocycles. The van der Waals surface area contributed by atoms with E-state index in [0.29, 0.717) is 0 Å². The van der Waals surface area contributed by atoms with Crippen molar-refractivity contribution in [2.45, 2.75) is 0 Å². The van der Waals surface area contributed by atoms with Gasteiger partial charge in [-0.25, -0.2) is 9.97 Å². The van der Waals surface area contributed by atoms with Crippen molar-refractivity contribution in [2.75, 3.05) is 0 Å². The molecule has 0 saturated carbocycles. The molecule has 5 heteroatoms. The molecule has 2 aliphatic heterocycles. The second kappa shape index (κ2) is 12.9. The number of hydrogen-bond acceptors (Lipinski definition) is 2. The van der Waals surface area contributed by atoms with Gasteiger partial charge in [0.1, 0.15) is 0 Å². The summed E-state index contributed by atoms with van der Waals surface area (Å²) in [5.74, 6) is 0. The second-order valence-electron chi connectivity index (χ2n) is 12.0. The molecule has 0 aliphatic carbocycles. The van der Waals surface area contributed by atoms with Crippen LogP contribution in [0, 0.1) is 0 Å². The average Bonchev–Trinajstić information content (AvgIpc) is 3.94. The van der Waals surface area contributed by atoms with Crippen LogP contribution >= 0.6 is 0 Å². The van der Waals surface area contributed by atoms with Crippen molar-refractivity contribution in [3.05, 3.63) is 180 Å². The molecule has 49 heavy (non-hydrogen) atoms. The number of nitrogens with one attached hydrogen (secondary N) is 2. The molecule has 2 N–H and O–H groups in total. The summed E-state index contributed by atoms with van der Waals surface area (Å²) in [5, 5.41) is 0. The van der Waals surface area contributed by atoms with Gasteiger partial charge >= 0.3 is 0 Å². The minimum absolute atomic E-state index is 0. The molecule has 0 atom stereocenters. The van der Waals surface area contributed by atoms with E-state index in [0.717, 1.165) is 89.4 Å². The molecule has 0 saturated heterocycles. The molecule has 0 radical (unpaired) electrons. The van der Waals surface area contributed by atoms with Gasteiger partial charge in [0.15, 0.2) is 0 Å². The minimum Gasteiger partial charge on any atom is -0.355 e. The summed E-state index contributed by atoms with van der Waals surface area (Å²) in [6.45, 7) is 0. The van der Waals surface area contributed by atoms with Crippen molar-refractivity contribution in [3.8, 4) is 33.4 Å². The molecule has 0 amide bonds. The number of fused-ring (bicyclic) bond motifs is 8. The third kappa shape index (κ3) is 5.77. The van der Waals surface area contributed by atoms with E-state index in [-0.39, 0.29) is 17.4 Å². The van der Waals surface area contributed by atoms with E-state index in [1.54, 1.807) is 0 Å². The summed E-state index contributed by atoms with van der Waals surface area (Å²) in [6, 6.07) is 53.0. The Morgan fingerprint density at radius 3 is 1.49 bits per heavy atom. The zero-order chi connectivity index (χ0) is 31.9. The summed E-state index contributed by atoms with van der Waals surface area (Å²) < 4.78 is 0. The Hall–Kier alpha value is -5.99. The summed E-state index contributed by atoms with van der Waals surface area (Å²) >= 11 is 0. The maximum Gasteiger partial charge on any atom is 0.0815 e. The van der Waals surface area contributed by atoms with Crippen LogP contribution in [0.2, 0.25) is 0 Å². The Morgan fingerprint density at radius 2 is 0.898 bits per heavy atom. The SMILES string of the molecule is C1=Cc2cc3[nH]c(c(-c4ccccc4)c4nc(cc5ccc(cc1n2)[nH]5)C=C4c1ccccc1)c(-c1ccccc1)c3-c1ccccc1.[Cr]. The second-order valence-corrected chi connectivity index (χ2v) is 12.0. The minimum atomic E-state index is 0. The zero-order valence-corrected chi connectivity index (χ0v) is 27.7. The monoisotopic (exact) mass is 666 g/mol. The topological polar surface area (TPSA) is 57.4 Å². The molecular formula is C44H30CrN4. The van der Waals surface area contributed by atoms with Gasteiger partial charge in [0, 0.05) is 56.2 Å². The van der Waals surface area contributed by atoms with Crippen LogP contribution in [0.5, 0.6) is 0 Å². The molecule has 2 aliphatic rings. The van der Waals surface area contributed by atoms with Gasteiger partial charge < -0.3 is 9.97 Å². The molecule has 232 valence electrons. The van der Waals surface area contributed by atoms with Crippen LogP contribution in [-0.4, -0.2) is 19.9 Å². The molecular weight excluding hydrogens is 637 g/mol. The molecule has 8 bridgehead atoms. The molecule has 0 spiro atoms. The fourth-order valence-electron chi connectivity index (χ4n) is 6.78. The van der Waals surface area contributed by atoms with Crippen molar-refractivity contribution in [1.29, 1.82) is 0 Å². The number of nitrogens with zero attached hydrogens (tertiary/aromatic N) is 2. The summed E-state index contributed by atoms with van der Waals surface area (Å²) in [6.07, 6.45) is 6.35. The van der Waals surface area contributed by atoms with Gasteiger partial charge in [-0.1, -0.05) is 121 Å². The van der Waals surface area contributed by atoms with Gasteiger partial charge in [-0.3, -0.25) is 0 Å². The van der Waals surface area contributed by atoms with Crippen molar-refractivity contribution in [1.82, 2.24) is 19.9 Å². The van der Waals surface area contributed by atoms with E-state index < -0.39 is 0 Å². The molecule has 5 heterocycles. The van der Waals surface area contributed by atoms with Crippen molar-refractivity contribution in [3.63, 3.8) is 0 Å². The molecule has 0 fully saturated rings. The van der Waals surface area contributed by atoms with E-state index in [4.69, 9.17) is 9.97 Å². The van der Waals surface area contributed by atoms with E-state index >= 15 is 0 Å². The standard InChI is InChI=1S/C44H30N4.Cr/c1-5-13-29(14-6-1)38-27-37-26-35-22-21-33(45-35)25-34-23-24-36(46-34)28-39-40(30-15-7-2-8-16-30)41(31-17-9-3-10-18-31)44(48-39)42(43(38)47-37)32-19-11-4-12-20-32;/h1-28,45,48H;. The molecule has 3 aromatic heterocycles. The van der Waals surface area contributed by atoms with Crippen LogP contribution < -0.4 is 0 Å². The predicted molar refractivity (Wildman–Crippen MR) is 200 cm³/mol. The van der Waals surface area contributed by atoms with Crippen LogP contribution in [0.4, 0.5) is 0 Å². The van der Waals surface area contributed by atoms with Gasteiger partial charge in [-0.2, -0.15) is 0 Å². The van der Waals surface area contributed by atoms with E-state index in [1.807, 2.05) is 0 Å². The van der Waals surface area contributed by atoms with Crippen molar-refractivity contribution < 1.29 is 17.4 Å². The summed E-state index contributed by atoms with van der Waals surface area (Å²) in [4.78, 5) is 17.9. The number of hydrogen-bond donors (Lipinski definition) is 2. The van der Waals surface area contributed by atoms with Gasteiger partial charge in [-0.15, -0.1) is 0 Å². The maximum absolute atomic E-state index is 5.42. The normalized spacial score (nSPS) is 12.0. The molecule has 7 aromatic rings. The Bertz CT molecular complexity index is 2530. The first-order valence-corrected chi connectivity index (χ1v) is 16.2. The largest absolute Gasteiger partial charge is 0.355 e. The quantitative estimate of drug-likeness (QED) is 0.196. The fraction of sp³-hybridized carbons (Fsp3) is 0. The third-order valence-electron chi connectivity index (χ3n) is 8.89. The van der Waals surface area contributed by atoms with Gasteiger partial charge in [0.25, 0.3) is 0 Å². The first kappa shape index (κ1) is 30.4. The number of aromatic amines is 2. The number of H-pyrrole nitrogens is 2. The predicted octanol–water partition coefficient (Wildman–Crippen LogP) is 11.1. The van der Waals surface area contributed by atoms with Crippen LogP contribution in [0.15, 0.2) is 152 Å². The third-order valence-corrected chi connectivity index (χ3v) is 8.89. The van der Waals surface area contributed by atoms with Gasteiger partial charge in [0.2, 0.25) is 0 Å². The Labute approximate surface area is 295 Å². The molecule has 4 nitrogen and oxygen atoms in total. The number of aromatic nitrogens is 4. The Morgan fingerprint density at radius 1 is 0.408 bits per heavy atom. The van der Waals surface area contributed by atoms with Crippen LogP contribution in [0.3, 0.4) is 0 Å². The van der Waals surface area contributed by atoms with E-state index in [2.05, 4.69) is 180 Å². The van der Waals surface area contributed by atoms with Gasteiger partial charge in [-0.05, 0) is 70.8 Å². The molecule has 0 unspecified atom stereocenters. The first-order valence-electron chi connectivity index (χ1n) is 16.2. The number of benzene rings is 4. The Balaban J connectivity index is 0.00000348. The maximum atomic E-state index is 5.42. The average molecular weight is 667 g/mol. The van der Waals surface area contributed by atoms with Crippen LogP contribution in [0.1, 0.15) is 28.3 Å². The van der Waals surface area contributed by atoms with Crippen LogP contribution in [-0.2, 0) is 17.4 Å². The smallest absolute Gasteiger partial charge is 0.0815 e. The van der Waals surface area contributed by atoms with Crippen molar-refractivity contribution >= 4 is 45.9 Å². The number of rotatable bonds is 4. The van der Waals surface area contributed by atoms with Gasteiger partial charge in [0.05, 0.1) is 28.3 Å². The molecule has 9 rings (SSSR count). The fourth-order valence-corrected chi connectivity index (χ4v) is 6.78. The Kier molecular flexibility index (Phi) is 7.99. The van der Waals surface area contributed by atoms with Crippen molar-refractivity contribution in [2.24, 2.45) is 0 Å². The van der Waals surface area contributed by atoms with Crippen LogP contribution in [0.25, 0.3) is 79.2 Å². The zero-order valence-electron chi connectivity index (χ0n) is 26.5. The van der Waals surface area contributed by atoms with E-state index in [1.165, 1.54) is 0 Å².